The second kappa shape index (κ2) is 8.35. The molecule has 0 spiro atoms. The first-order chi connectivity index (χ1) is 13.1. The molecule has 1 heterocycles. The molecule has 2 aromatic carbocycles. The van der Waals surface area contributed by atoms with Gasteiger partial charge in [0.25, 0.3) is 5.91 Å². The number of nitrogens with zero attached hydrogens (tertiary/aromatic N) is 1. The molecule has 0 radical (unpaired) electrons. The zero-order valence-electron chi connectivity index (χ0n) is 15.0. The molecule has 0 saturated heterocycles. The average molecular weight is 369 g/mol. The van der Waals surface area contributed by atoms with E-state index in [0.29, 0.717) is 22.9 Å². The minimum Gasteiger partial charge on any atom is -0.493 e. The third kappa shape index (κ3) is 4.63. The first-order valence-electron chi connectivity index (χ1n) is 8.45. The van der Waals surface area contributed by atoms with E-state index in [1.54, 1.807) is 37.4 Å². The van der Waals surface area contributed by atoms with Gasteiger partial charge in [0.05, 0.1) is 18.8 Å². The van der Waals surface area contributed by atoms with Crippen LogP contribution in [0.2, 0.25) is 0 Å². The van der Waals surface area contributed by atoms with Gasteiger partial charge in [0, 0.05) is 5.56 Å². The minimum atomic E-state index is -0.323. The maximum Gasteiger partial charge on any atom is 0.269 e. The van der Waals surface area contributed by atoms with Crippen LogP contribution in [-0.4, -0.2) is 35.9 Å². The van der Waals surface area contributed by atoms with Crippen molar-refractivity contribution < 1.29 is 18.7 Å². The smallest absolute Gasteiger partial charge is 0.269 e. The SMILES string of the molecule is COc1ccccc1OCC(C)NC(=O)c1cc(-c2ccc(F)cc2)n[nH]1. The highest BCUT2D eigenvalue weighted by molar-refractivity contribution is 5.93. The van der Waals surface area contributed by atoms with Crippen LogP contribution in [0.25, 0.3) is 11.3 Å². The van der Waals surface area contributed by atoms with Gasteiger partial charge in [-0.15, -0.1) is 0 Å². The number of carbonyl (C=O) groups excluding carboxylic acids is 1. The number of nitrogens with one attached hydrogen (secondary N) is 2. The van der Waals surface area contributed by atoms with Crippen molar-refractivity contribution in [3.8, 4) is 22.8 Å². The van der Waals surface area contributed by atoms with Crippen molar-refractivity contribution in [3.63, 3.8) is 0 Å². The maximum absolute atomic E-state index is 13.0. The molecule has 1 unspecified atom stereocenters. The zero-order valence-corrected chi connectivity index (χ0v) is 15.0. The Bertz CT molecular complexity index is 909. The molecular formula is C20H20FN3O3. The number of aromatic amines is 1. The predicted octanol–water partition coefficient (Wildman–Crippen LogP) is 3.42. The van der Waals surface area contributed by atoms with Gasteiger partial charge in [-0.05, 0) is 49.4 Å². The second-order valence-corrected chi connectivity index (χ2v) is 6.01. The molecule has 0 aliphatic carbocycles. The van der Waals surface area contributed by atoms with Crippen LogP contribution >= 0.6 is 0 Å². The lowest BCUT2D eigenvalue weighted by Gasteiger charge is -2.16. The third-order valence-corrected chi connectivity index (χ3v) is 3.90. The van der Waals surface area contributed by atoms with Gasteiger partial charge >= 0.3 is 0 Å². The highest BCUT2D eigenvalue weighted by atomic mass is 19.1. The fourth-order valence-corrected chi connectivity index (χ4v) is 2.50. The molecule has 2 N–H and O–H groups in total. The van der Waals surface area contributed by atoms with E-state index in [-0.39, 0.29) is 24.4 Å². The second-order valence-electron chi connectivity index (χ2n) is 6.01. The van der Waals surface area contributed by atoms with Gasteiger partial charge < -0.3 is 14.8 Å². The first kappa shape index (κ1) is 18.4. The zero-order chi connectivity index (χ0) is 19.2. The van der Waals surface area contributed by atoms with E-state index < -0.39 is 0 Å². The molecular weight excluding hydrogens is 349 g/mol. The monoisotopic (exact) mass is 369 g/mol. The molecule has 6 nitrogen and oxygen atoms in total. The Labute approximate surface area is 156 Å². The number of ether oxygens (including phenoxy) is 2. The topological polar surface area (TPSA) is 76.2 Å². The summed E-state index contributed by atoms with van der Waals surface area (Å²) in [5.41, 5.74) is 1.61. The summed E-state index contributed by atoms with van der Waals surface area (Å²) in [4.78, 5) is 12.4. The number of carbonyl (C=O) groups is 1. The Balaban J connectivity index is 1.57. The standard InChI is InChI=1S/C20H20FN3O3/c1-13(12-27-19-6-4-3-5-18(19)26-2)22-20(25)17-11-16(23-24-17)14-7-9-15(21)10-8-14/h3-11,13H,12H2,1-2H3,(H,22,25)(H,23,24). The molecule has 140 valence electrons. The number of hydrogen-bond acceptors (Lipinski definition) is 4. The van der Waals surface area contributed by atoms with E-state index >= 15 is 0 Å². The first-order valence-corrected chi connectivity index (χ1v) is 8.45. The lowest BCUT2D eigenvalue weighted by atomic mass is 10.1. The highest BCUT2D eigenvalue weighted by Gasteiger charge is 2.14. The molecule has 1 amide bonds. The largest absolute Gasteiger partial charge is 0.493 e. The van der Waals surface area contributed by atoms with Gasteiger partial charge in [0.15, 0.2) is 11.5 Å². The maximum atomic E-state index is 13.0. The van der Waals surface area contributed by atoms with Crippen molar-refractivity contribution in [3.05, 3.63) is 66.1 Å². The quantitative estimate of drug-likeness (QED) is 0.669. The number of aromatic nitrogens is 2. The van der Waals surface area contributed by atoms with Gasteiger partial charge in [-0.25, -0.2) is 4.39 Å². The van der Waals surface area contributed by atoms with Crippen LogP contribution in [0.1, 0.15) is 17.4 Å². The van der Waals surface area contributed by atoms with Crippen LogP contribution in [0.15, 0.2) is 54.6 Å². The molecule has 0 bridgehead atoms. The number of hydrogen-bond donors (Lipinski definition) is 2. The Kier molecular flexibility index (Phi) is 5.71. The van der Waals surface area contributed by atoms with Crippen molar-refractivity contribution in [1.82, 2.24) is 15.5 Å². The summed E-state index contributed by atoms with van der Waals surface area (Å²) in [6.07, 6.45) is 0. The summed E-state index contributed by atoms with van der Waals surface area (Å²) in [7, 11) is 1.57. The van der Waals surface area contributed by atoms with Crippen molar-refractivity contribution in [2.45, 2.75) is 13.0 Å². The number of methoxy groups -OCH3 is 1. The lowest BCUT2D eigenvalue weighted by molar-refractivity contribution is 0.0921. The van der Waals surface area contributed by atoms with Gasteiger partial charge in [-0.2, -0.15) is 5.10 Å². The Morgan fingerprint density at radius 3 is 2.59 bits per heavy atom. The van der Waals surface area contributed by atoms with Crippen LogP contribution in [0.5, 0.6) is 11.5 Å². The fourth-order valence-electron chi connectivity index (χ4n) is 2.50. The van der Waals surface area contributed by atoms with E-state index in [2.05, 4.69) is 15.5 Å². The van der Waals surface area contributed by atoms with Crippen molar-refractivity contribution in [2.24, 2.45) is 0 Å². The van der Waals surface area contributed by atoms with Crippen LogP contribution < -0.4 is 14.8 Å². The minimum absolute atomic E-state index is 0.236. The number of benzene rings is 2. The molecule has 0 aliphatic rings. The summed E-state index contributed by atoms with van der Waals surface area (Å²) < 4.78 is 24.0. The van der Waals surface area contributed by atoms with E-state index in [1.807, 2.05) is 19.1 Å². The average Bonchev–Trinajstić information content (AvgIpc) is 3.17. The van der Waals surface area contributed by atoms with Gasteiger partial charge in [0.1, 0.15) is 18.1 Å². The van der Waals surface area contributed by atoms with Crippen LogP contribution in [0.3, 0.4) is 0 Å². The molecule has 1 aromatic heterocycles. The van der Waals surface area contributed by atoms with E-state index in [1.165, 1.54) is 12.1 Å². The summed E-state index contributed by atoms with van der Waals surface area (Å²) in [6, 6.07) is 14.6. The van der Waals surface area contributed by atoms with Crippen LogP contribution in [-0.2, 0) is 0 Å². The molecule has 1 atom stereocenters. The number of para-hydroxylation sites is 2. The molecule has 3 aromatic rings. The van der Waals surface area contributed by atoms with E-state index in [9.17, 15) is 9.18 Å². The summed E-state index contributed by atoms with van der Waals surface area (Å²) in [5.74, 6) is 0.623. The van der Waals surface area contributed by atoms with Gasteiger partial charge in [0.2, 0.25) is 0 Å². The molecule has 7 heteroatoms. The number of amides is 1. The lowest BCUT2D eigenvalue weighted by Crippen LogP contribution is -2.37. The molecule has 3 rings (SSSR count). The summed E-state index contributed by atoms with van der Waals surface area (Å²) in [6.45, 7) is 2.12. The molecule has 0 saturated carbocycles. The summed E-state index contributed by atoms with van der Waals surface area (Å²) in [5, 5.41) is 9.65. The third-order valence-electron chi connectivity index (χ3n) is 3.90. The Hall–Kier alpha value is -3.35. The van der Waals surface area contributed by atoms with Gasteiger partial charge in [-0.3, -0.25) is 9.89 Å². The molecule has 0 aliphatic heterocycles. The fraction of sp³-hybridized carbons (Fsp3) is 0.200. The highest BCUT2D eigenvalue weighted by Crippen LogP contribution is 2.25. The summed E-state index contributed by atoms with van der Waals surface area (Å²) >= 11 is 0. The normalized spacial score (nSPS) is 11.7. The molecule has 0 fully saturated rings. The Morgan fingerprint density at radius 1 is 1.19 bits per heavy atom. The van der Waals surface area contributed by atoms with E-state index in [0.717, 1.165) is 5.56 Å². The predicted molar refractivity (Wildman–Crippen MR) is 99.4 cm³/mol. The van der Waals surface area contributed by atoms with E-state index in [4.69, 9.17) is 9.47 Å². The van der Waals surface area contributed by atoms with Crippen molar-refractivity contribution >= 4 is 5.91 Å². The number of rotatable bonds is 7. The van der Waals surface area contributed by atoms with Crippen molar-refractivity contribution in [1.29, 1.82) is 0 Å². The number of H-pyrrole nitrogens is 1. The number of halogens is 1. The Morgan fingerprint density at radius 2 is 1.89 bits per heavy atom. The van der Waals surface area contributed by atoms with Crippen LogP contribution in [0.4, 0.5) is 4.39 Å². The molecule has 27 heavy (non-hydrogen) atoms. The van der Waals surface area contributed by atoms with Gasteiger partial charge in [-0.1, -0.05) is 12.1 Å². The van der Waals surface area contributed by atoms with Crippen LogP contribution in [0, 0.1) is 5.82 Å². The van der Waals surface area contributed by atoms with Crippen molar-refractivity contribution in [2.75, 3.05) is 13.7 Å².